The molecular weight excluding hydrogens is 317 g/mol. The first-order valence-corrected chi connectivity index (χ1v) is 7.47. The van der Waals surface area contributed by atoms with Crippen molar-refractivity contribution in [3.05, 3.63) is 44.9 Å². The van der Waals surface area contributed by atoms with E-state index < -0.39 is 0 Å². The number of hydrogen-bond donors (Lipinski definition) is 1. The molecule has 4 nitrogen and oxygen atoms in total. The summed E-state index contributed by atoms with van der Waals surface area (Å²) in [6.45, 7) is 2.32. The monoisotopic (exact) mass is 329 g/mol. The van der Waals surface area contributed by atoms with E-state index in [1.807, 2.05) is 18.4 Å². The van der Waals surface area contributed by atoms with Crippen LogP contribution in [0.1, 0.15) is 11.3 Å². The van der Waals surface area contributed by atoms with Crippen molar-refractivity contribution >= 4 is 45.7 Å². The van der Waals surface area contributed by atoms with Gasteiger partial charge < -0.3 is 4.90 Å². The lowest BCUT2D eigenvalue weighted by atomic mass is 10.2. The van der Waals surface area contributed by atoms with Gasteiger partial charge >= 0.3 is 6.03 Å². The van der Waals surface area contributed by atoms with Gasteiger partial charge in [-0.2, -0.15) is 0 Å². The van der Waals surface area contributed by atoms with Gasteiger partial charge in [0.15, 0.2) is 5.13 Å². The summed E-state index contributed by atoms with van der Waals surface area (Å²) in [4.78, 5) is 17.7. The molecule has 2 rings (SSSR count). The molecule has 0 aliphatic heterocycles. The molecule has 1 N–H and O–H groups in total. The highest BCUT2D eigenvalue weighted by molar-refractivity contribution is 7.13. The SMILES string of the molecule is Cc1csc(NC(=O)N(C)Cc2ccc(Cl)c(Cl)c2)n1. The summed E-state index contributed by atoms with van der Waals surface area (Å²) < 4.78 is 0. The Bertz CT molecular complexity index is 630. The van der Waals surface area contributed by atoms with Crippen LogP contribution < -0.4 is 5.32 Å². The van der Waals surface area contributed by atoms with Gasteiger partial charge in [0, 0.05) is 19.0 Å². The van der Waals surface area contributed by atoms with Crippen LogP contribution in [0.5, 0.6) is 0 Å². The molecule has 0 fully saturated rings. The minimum Gasteiger partial charge on any atom is -0.323 e. The van der Waals surface area contributed by atoms with E-state index in [0.717, 1.165) is 11.3 Å². The fourth-order valence-corrected chi connectivity index (χ4v) is 2.58. The number of amides is 2. The summed E-state index contributed by atoms with van der Waals surface area (Å²) in [5, 5.41) is 6.20. The normalized spacial score (nSPS) is 10.4. The van der Waals surface area contributed by atoms with Gasteiger partial charge in [0.25, 0.3) is 0 Å². The molecule has 1 aromatic carbocycles. The van der Waals surface area contributed by atoms with Crippen molar-refractivity contribution in [3.8, 4) is 0 Å². The lowest BCUT2D eigenvalue weighted by molar-refractivity contribution is 0.220. The summed E-state index contributed by atoms with van der Waals surface area (Å²) in [5.41, 5.74) is 1.80. The average molecular weight is 330 g/mol. The molecule has 0 unspecified atom stereocenters. The molecule has 0 bridgehead atoms. The number of carbonyl (C=O) groups excluding carboxylic acids is 1. The highest BCUT2D eigenvalue weighted by Gasteiger charge is 2.11. The number of benzene rings is 1. The average Bonchev–Trinajstić information content (AvgIpc) is 2.79. The van der Waals surface area contributed by atoms with Crippen LogP contribution in [0.2, 0.25) is 10.0 Å². The molecule has 0 saturated heterocycles. The van der Waals surface area contributed by atoms with E-state index in [4.69, 9.17) is 23.2 Å². The molecule has 0 aliphatic carbocycles. The number of nitrogens with zero attached hydrogens (tertiary/aromatic N) is 2. The molecule has 2 aromatic rings. The van der Waals surface area contributed by atoms with Crippen molar-refractivity contribution < 1.29 is 4.79 Å². The molecule has 7 heteroatoms. The third-order valence-electron chi connectivity index (χ3n) is 2.58. The smallest absolute Gasteiger partial charge is 0.323 e. The van der Waals surface area contributed by atoms with Crippen molar-refractivity contribution in [3.63, 3.8) is 0 Å². The van der Waals surface area contributed by atoms with Gasteiger partial charge in [-0.3, -0.25) is 5.32 Å². The van der Waals surface area contributed by atoms with Crippen LogP contribution >= 0.6 is 34.5 Å². The number of carbonyl (C=O) groups is 1. The van der Waals surface area contributed by atoms with Gasteiger partial charge in [-0.05, 0) is 24.6 Å². The number of halogens is 2. The fraction of sp³-hybridized carbons (Fsp3) is 0.231. The van der Waals surface area contributed by atoms with Gasteiger partial charge in [0.2, 0.25) is 0 Å². The van der Waals surface area contributed by atoms with Gasteiger partial charge in [0.1, 0.15) is 0 Å². The van der Waals surface area contributed by atoms with E-state index in [0.29, 0.717) is 21.7 Å². The van der Waals surface area contributed by atoms with Crippen LogP contribution in [0.4, 0.5) is 9.93 Å². The molecule has 2 amide bonds. The Labute approximate surface area is 131 Å². The first-order chi connectivity index (χ1) is 9.45. The predicted molar refractivity (Wildman–Crippen MR) is 83.8 cm³/mol. The first kappa shape index (κ1) is 15.1. The molecule has 106 valence electrons. The number of hydrogen-bond acceptors (Lipinski definition) is 3. The second kappa shape index (κ2) is 6.43. The third kappa shape index (κ3) is 3.85. The van der Waals surface area contributed by atoms with Crippen molar-refractivity contribution in [1.29, 1.82) is 0 Å². The van der Waals surface area contributed by atoms with Crippen LogP contribution in [-0.4, -0.2) is 23.0 Å². The van der Waals surface area contributed by atoms with Crippen LogP contribution in [0.3, 0.4) is 0 Å². The minimum absolute atomic E-state index is 0.217. The van der Waals surface area contributed by atoms with E-state index in [1.165, 1.54) is 11.3 Å². The maximum absolute atomic E-state index is 12.0. The Balaban J connectivity index is 1.98. The van der Waals surface area contributed by atoms with Crippen LogP contribution in [0.25, 0.3) is 0 Å². The Morgan fingerprint density at radius 3 is 2.75 bits per heavy atom. The van der Waals surface area contributed by atoms with E-state index in [9.17, 15) is 4.79 Å². The molecular formula is C13H13Cl2N3OS. The van der Waals surface area contributed by atoms with Crippen molar-refractivity contribution in [2.45, 2.75) is 13.5 Å². The lowest BCUT2D eigenvalue weighted by Crippen LogP contribution is -2.30. The van der Waals surface area contributed by atoms with E-state index in [1.54, 1.807) is 24.1 Å². The summed E-state index contributed by atoms with van der Waals surface area (Å²) in [6, 6.07) is 5.09. The van der Waals surface area contributed by atoms with Gasteiger partial charge in [-0.15, -0.1) is 11.3 Å². The van der Waals surface area contributed by atoms with Crippen LogP contribution in [0, 0.1) is 6.92 Å². The molecule has 0 atom stereocenters. The summed E-state index contributed by atoms with van der Waals surface area (Å²) in [5.74, 6) is 0. The summed E-state index contributed by atoms with van der Waals surface area (Å²) in [6.07, 6.45) is 0. The maximum atomic E-state index is 12.0. The number of thiazole rings is 1. The van der Waals surface area contributed by atoms with E-state index in [2.05, 4.69) is 10.3 Å². The molecule has 0 saturated carbocycles. The molecule has 0 aliphatic rings. The Morgan fingerprint density at radius 2 is 2.15 bits per heavy atom. The molecule has 1 heterocycles. The van der Waals surface area contributed by atoms with E-state index >= 15 is 0 Å². The molecule has 1 aromatic heterocycles. The Hall–Kier alpha value is -1.30. The zero-order valence-corrected chi connectivity index (χ0v) is 13.3. The number of nitrogens with one attached hydrogen (secondary N) is 1. The standard InChI is InChI=1S/C13H13Cl2N3OS/c1-8-7-20-12(16-8)17-13(19)18(2)6-9-3-4-10(14)11(15)5-9/h3-5,7H,6H2,1-2H3,(H,16,17,19). The number of rotatable bonds is 3. The van der Waals surface area contributed by atoms with Crippen molar-refractivity contribution in [1.82, 2.24) is 9.88 Å². The Morgan fingerprint density at radius 1 is 1.40 bits per heavy atom. The zero-order valence-electron chi connectivity index (χ0n) is 11.0. The third-order valence-corrected chi connectivity index (χ3v) is 4.20. The highest BCUT2D eigenvalue weighted by atomic mass is 35.5. The first-order valence-electron chi connectivity index (χ1n) is 5.84. The number of urea groups is 1. The van der Waals surface area contributed by atoms with Crippen molar-refractivity contribution in [2.75, 3.05) is 12.4 Å². The fourth-order valence-electron chi connectivity index (χ4n) is 1.58. The second-order valence-electron chi connectivity index (χ2n) is 4.33. The lowest BCUT2D eigenvalue weighted by Gasteiger charge is -2.17. The summed E-state index contributed by atoms with van der Waals surface area (Å²) >= 11 is 13.2. The van der Waals surface area contributed by atoms with E-state index in [-0.39, 0.29) is 6.03 Å². The molecule has 0 radical (unpaired) electrons. The van der Waals surface area contributed by atoms with Crippen LogP contribution in [0.15, 0.2) is 23.6 Å². The highest BCUT2D eigenvalue weighted by Crippen LogP contribution is 2.23. The topological polar surface area (TPSA) is 45.2 Å². The van der Waals surface area contributed by atoms with Crippen LogP contribution in [-0.2, 0) is 6.54 Å². The number of aromatic nitrogens is 1. The molecule has 0 spiro atoms. The quantitative estimate of drug-likeness (QED) is 0.905. The van der Waals surface area contributed by atoms with Gasteiger partial charge in [0.05, 0.1) is 15.7 Å². The van der Waals surface area contributed by atoms with Crippen molar-refractivity contribution in [2.24, 2.45) is 0 Å². The zero-order chi connectivity index (χ0) is 14.7. The minimum atomic E-state index is -0.217. The molecule has 20 heavy (non-hydrogen) atoms. The predicted octanol–water partition coefficient (Wildman–Crippen LogP) is 4.42. The van der Waals surface area contributed by atoms with Gasteiger partial charge in [-0.25, -0.2) is 9.78 Å². The largest absolute Gasteiger partial charge is 0.323 e. The Kier molecular flexibility index (Phi) is 4.86. The van der Waals surface area contributed by atoms with Gasteiger partial charge in [-0.1, -0.05) is 29.3 Å². The second-order valence-corrected chi connectivity index (χ2v) is 6.00. The summed E-state index contributed by atoms with van der Waals surface area (Å²) in [7, 11) is 1.71. The maximum Gasteiger partial charge on any atom is 0.323 e. The number of anilines is 1. The number of aryl methyl sites for hydroxylation is 1.